The van der Waals surface area contributed by atoms with E-state index in [0.717, 1.165) is 11.8 Å². The highest BCUT2D eigenvalue weighted by Gasteiger charge is 2.26. The first kappa shape index (κ1) is 10.1. The van der Waals surface area contributed by atoms with Crippen molar-refractivity contribution in [2.45, 2.75) is 58.2 Å². The predicted molar refractivity (Wildman–Crippen MR) is 58.3 cm³/mol. The third-order valence-electron chi connectivity index (χ3n) is 3.26. The van der Waals surface area contributed by atoms with Crippen LogP contribution in [0.4, 0.5) is 0 Å². The lowest BCUT2D eigenvalue weighted by molar-refractivity contribution is 0.266. The van der Waals surface area contributed by atoms with Gasteiger partial charge in [0.25, 0.3) is 0 Å². The Morgan fingerprint density at radius 3 is 2.25 bits per heavy atom. The number of rotatable bonds is 2. The van der Waals surface area contributed by atoms with Crippen LogP contribution in [-0.2, 0) is 0 Å². The molecule has 0 amide bonds. The summed E-state index contributed by atoms with van der Waals surface area (Å²) in [4.78, 5) is 0. The Morgan fingerprint density at radius 1 is 1.33 bits per heavy atom. The second-order valence-electron chi connectivity index (χ2n) is 5.74. The third kappa shape index (κ3) is 3.20. The molecule has 0 atom stereocenters. The summed E-state index contributed by atoms with van der Waals surface area (Å²) in [5, 5.41) is 0.646. The Bertz CT molecular complexity index is 128. The largest absolute Gasteiger partial charge is 0.109 e. The van der Waals surface area contributed by atoms with Crippen LogP contribution >= 0.6 is 0 Å². The lowest BCUT2D eigenvalue weighted by Gasteiger charge is -2.35. The quantitative estimate of drug-likeness (QED) is 0.553. The maximum Gasteiger partial charge on any atom is 0.109 e. The molecule has 12 heavy (non-hydrogen) atoms. The van der Waals surface area contributed by atoms with E-state index in [-0.39, 0.29) is 0 Å². The second kappa shape index (κ2) is 3.85. The predicted octanol–water partition coefficient (Wildman–Crippen LogP) is 3.03. The molecule has 0 aromatic heterocycles. The average Bonchev–Trinajstić information content (AvgIpc) is 1.93. The first-order valence-corrected chi connectivity index (χ1v) is 5.49. The zero-order valence-corrected chi connectivity index (χ0v) is 9.19. The van der Waals surface area contributed by atoms with Crippen LogP contribution in [-0.4, -0.2) is 7.85 Å². The van der Waals surface area contributed by atoms with Gasteiger partial charge in [0.15, 0.2) is 0 Å². The van der Waals surface area contributed by atoms with Gasteiger partial charge in [-0.15, -0.1) is 0 Å². The summed E-state index contributed by atoms with van der Waals surface area (Å²) in [5.74, 6) is 1.94. The van der Waals surface area contributed by atoms with Crippen LogP contribution in [0.25, 0.3) is 0 Å². The Balaban J connectivity index is 2.27. The molecular weight excluding hydrogens is 143 g/mol. The maximum absolute atomic E-state index is 2.42. The van der Waals surface area contributed by atoms with Gasteiger partial charge >= 0.3 is 0 Å². The molecule has 0 aromatic carbocycles. The van der Waals surface area contributed by atoms with Crippen molar-refractivity contribution in [2.75, 3.05) is 0 Å². The van der Waals surface area contributed by atoms with Gasteiger partial charge in [-0.3, -0.25) is 0 Å². The zero-order chi connectivity index (χ0) is 9.19. The van der Waals surface area contributed by atoms with Crippen LogP contribution in [0.1, 0.15) is 52.9 Å². The molecule has 1 heteroatoms. The van der Waals surface area contributed by atoms with Crippen molar-refractivity contribution in [3.63, 3.8) is 0 Å². The van der Waals surface area contributed by atoms with Crippen molar-refractivity contribution in [3.8, 4) is 0 Å². The van der Waals surface area contributed by atoms with E-state index in [2.05, 4.69) is 28.6 Å². The smallest absolute Gasteiger partial charge is 0.0669 e. The van der Waals surface area contributed by atoms with Crippen LogP contribution in [0.3, 0.4) is 0 Å². The fourth-order valence-electron chi connectivity index (χ4n) is 2.36. The lowest BCUT2D eigenvalue weighted by Crippen LogP contribution is -2.19. The lowest BCUT2D eigenvalue weighted by atomic mass is 9.59. The highest BCUT2D eigenvalue weighted by atomic mass is 14.3. The van der Waals surface area contributed by atoms with E-state index < -0.39 is 0 Å². The van der Waals surface area contributed by atoms with Gasteiger partial charge in [0.1, 0.15) is 7.85 Å². The molecule has 0 aromatic rings. The Morgan fingerprint density at radius 2 is 1.83 bits per heavy atom. The fourth-order valence-corrected chi connectivity index (χ4v) is 2.36. The Hall–Kier alpha value is 0.0649. The standard InChI is InChI=1S/C11H23B/c1-9(2)8-10-4-6-11(3,12)7-5-10/h9-10H,4-8,12H2,1-3H3. The molecule has 0 heterocycles. The van der Waals surface area contributed by atoms with Gasteiger partial charge in [-0.2, -0.15) is 0 Å². The van der Waals surface area contributed by atoms with Gasteiger partial charge in [-0.05, 0) is 18.3 Å². The van der Waals surface area contributed by atoms with Gasteiger partial charge in [0, 0.05) is 0 Å². The fraction of sp³-hybridized carbons (Fsp3) is 1.00. The normalized spacial score (nSPS) is 37.2. The molecule has 0 bridgehead atoms. The van der Waals surface area contributed by atoms with Gasteiger partial charge in [0.2, 0.25) is 0 Å². The van der Waals surface area contributed by atoms with E-state index in [4.69, 9.17) is 0 Å². The van der Waals surface area contributed by atoms with E-state index in [0.29, 0.717) is 5.31 Å². The van der Waals surface area contributed by atoms with Crippen LogP contribution in [0, 0.1) is 11.8 Å². The molecule has 0 N–H and O–H groups in total. The summed E-state index contributed by atoms with van der Waals surface area (Å²) >= 11 is 0. The molecule has 0 aliphatic heterocycles. The van der Waals surface area contributed by atoms with Gasteiger partial charge in [-0.1, -0.05) is 51.8 Å². The maximum atomic E-state index is 2.42. The SMILES string of the molecule is BC1(C)CCC(CC(C)C)CC1. The molecule has 0 nitrogen and oxygen atoms in total. The van der Waals surface area contributed by atoms with E-state index in [1.807, 2.05) is 0 Å². The number of hydrogen-bond acceptors (Lipinski definition) is 0. The van der Waals surface area contributed by atoms with E-state index >= 15 is 0 Å². The zero-order valence-electron chi connectivity index (χ0n) is 9.19. The van der Waals surface area contributed by atoms with E-state index in [1.165, 1.54) is 32.1 Å². The van der Waals surface area contributed by atoms with Crippen molar-refractivity contribution >= 4 is 7.85 Å². The highest BCUT2D eigenvalue weighted by molar-refractivity contribution is 6.14. The van der Waals surface area contributed by atoms with Gasteiger partial charge in [-0.25, -0.2) is 0 Å². The molecule has 1 aliphatic carbocycles. The minimum absolute atomic E-state index is 0.646. The molecule has 1 fully saturated rings. The Labute approximate surface area is 78.5 Å². The minimum atomic E-state index is 0.646. The summed E-state index contributed by atoms with van der Waals surface area (Å²) in [5.41, 5.74) is 0. The third-order valence-corrected chi connectivity index (χ3v) is 3.26. The van der Waals surface area contributed by atoms with Crippen molar-refractivity contribution in [2.24, 2.45) is 11.8 Å². The topological polar surface area (TPSA) is 0 Å². The monoisotopic (exact) mass is 166 g/mol. The molecule has 1 rings (SSSR count). The number of hydrogen-bond donors (Lipinski definition) is 0. The van der Waals surface area contributed by atoms with Gasteiger partial charge < -0.3 is 0 Å². The first-order valence-electron chi connectivity index (χ1n) is 5.49. The van der Waals surface area contributed by atoms with Gasteiger partial charge in [0.05, 0.1) is 0 Å². The van der Waals surface area contributed by atoms with E-state index in [1.54, 1.807) is 0 Å². The van der Waals surface area contributed by atoms with Crippen molar-refractivity contribution in [3.05, 3.63) is 0 Å². The molecule has 0 saturated heterocycles. The van der Waals surface area contributed by atoms with Crippen LogP contribution in [0.5, 0.6) is 0 Å². The van der Waals surface area contributed by atoms with Crippen molar-refractivity contribution in [1.82, 2.24) is 0 Å². The van der Waals surface area contributed by atoms with Crippen LogP contribution in [0.2, 0.25) is 5.31 Å². The molecule has 0 unspecified atom stereocenters. The summed E-state index contributed by atoms with van der Waals surface area (Å²) in [6.07, 6.45) is 7.31. The Kier molecular flexibility index (Phi) is 3.26. The van der Waals surface area contributed by atoms with Crippen molar-refractivity contribution in [1.29, 1.82) is 0 Å². The molecule has 1 saturated carbocycles. The minimum Gasteiger partial charge on any atom is -0.0669 e. The molecule has 1 aliphatic rings. The summed E-state index contributed by atoms with van der Waals surface area (Å²) in [6, 6.07) is 0. The second-order valence-corrected chi connectivity index (χ2v) is 5.74. The average molecular weight is 166 g/mol. The first-order chi connectivity index (χ1) is 5.49. The van der Waals surface area contributed by atoms with Crippen LogP contribution < -0.4 is 0 Å². The molecule has 70 valence electrons. The highest BCUT2D eigenvalue weighted by Crippen LogP contribution is 2.43. The van der Waals surface area contributed by atoms with E-state index in [9.17, 15) is 0 Å². The van der Waals surface area contributed by atoms with Crippen molar-refractivity contribution < 1.29 is 0 Å². The summed E-state index contributed by atoms with van der Waals surface area (Å²) in [6.45, 7) is 7.11. The van der Waals surface area contributed by atoms with Crippen LogP contribution in [0.15, 0.2) is 0 Å². The summed E-state index contributed by atoms with van der Waals surface area (Å²) < 4.78 is 0. The molecule has 0 spiro atoms. The molecule has 0 radical (unpaired) electrons. The summed E-state index contributed by atoms with van der Waals surface area (Å²) in [7, 11) is 2.42. The molecular formula is C11H23B.